The molecule has 0 aliphatic carbocycles. The van der Waals surface area contributed by atoms with Crippen LogP contribution in [0.1, 0.15) is 10.7 Å². The van der Waals surface area contributed by atoms with Gasteiger partial charge in [-0.1, -0.05) is 48.0 Å². The molecule has 140 valence electrons. The van der Waals surface area contributed by atoms with Crippen LogP contribution in [0.4, 0.5) is 5.69 Å². The van der Waals surface area contributed by atoms with Gasteiger partial charge in [-0.05, 0) is 35.7 Å². The Morgan fingerprint density at radius 1 is 1.04 bits per heavy atom. The Labute approximate surface area is 171 Å². The molecule has 0 saturated carbocycles. The summed E-state index contributed by atoms with van der Waals surface area (Å²) in [6.07, 6.45) is 0.223. The lowest BCUT2D eigenvalue weighted by Gasteiger charge is -2.08. The van der Waals surface area contributed by atoms with Gasteiger partial charge in [-0.3, -0.25) is 4.79 Å². The number of nitrogens with zero attached hydrogens (tertiary/aromatic N) is 1. The minimum absolute atomic E-state index is 0.0909. The van der Waals surface area contributed by atoms with Gasteiger partial charge in [0.05, 0.1) is 12.1 Å². The molecular formula is C22H17ClN2O2S. The van der Waals surface area contributed by atoms with Gasteiger partial charge < -0.3 is 10.1 Å². The van der Waals surface area contributed by atoms with E-state index >= 15 is 0 Å². The van der Waals surface area contributed by atoms with Crippen LogP contribution in [0.3, 0.4) is 0 Å². The summed E-state index contributed by atoms with van der Waals surface area (Å²) in [7, 11) is 0. The van der Waals surface area contributed by atoms with Crippen LogP contribution in [0.15, 0.2) is 72.1 Å². The van der Waals surface area contributed by atoms with E-state index in [0.29, 0.717) is 11.6 Å². The maximum Gasteiger partial charge on any atom is 0.230 e. The quantitative estimate of drug-likeness (QED) is 0.444. The Hall–Kier alpha value is -2.89. The smallest absolute Gasteiger partial charge is 0.230 e. The second-order valence-corrected chi connectivity index (χ2v) is 7.61. The number of thiazole rings is 1. The van der Waals surface area contributed by atoms with Crippen LogP contribution in [-0.2, 0) is 17.8 Å². The van der Waals surface area contributed by atoms with Crippen LogP contribution in [0.2, 0.25) is 5.02 Å². The SMILES string of the molecule is O=C(Cc1csc(COc2ccc(Cl)cc2)n1)Nc1cccc2ccccc12. The zero-order chi connectivity index (χ0) is 19.3. The topological polar surface area (TPSA) is 51.2 Å². The third-order valence-corrected chi connectivity index (χ3v) is 5.30. The molecule has 0 unspecified atom stereocenters. The number of carbonyl (C=O) groups is 1. The normalized spacial score (nSPS) is 10.8. The number of hydrogen-bond acceptors (Lipinski definition) is 4. The van der Waals surface area contributed by atoms with E-state index in [1.54, 1.807) is 12.1 Å². The maximum atomic E-state index is 12.5. The van der Waals surface area contributed by atoms with Crippen LogP contribution in [0, 0.1) is 0 Å². The predicted octanol–water partition coefficient (Wildman–Crippen LogP) is 5.71. The van der Waals surface area contributed by atoms with E-state index in [1.165, 1.54) is 11.3 Å². The molecule has 1 N–H and O–H groups in total. The van der Waals surface area contributed by atoms with Crippen LogP contribution in [0.25, 0.3) is 10.8 Å². The van der Waals surface area contributed by atoms with Crippen LogP contribution >= 0.6 is 22.9 Å². The predicted molar refractivity (Wildman–Crippen MR) is 114 cm³/mol. The average molecular weight is 409 g/mol. The van der Waals surface area contributed by atoms with E-state index in [-0.39, 0.29) is 12.3 Å². The number of halogens is 1. The highest BCUT2D eigenvalue weighted by atomic mass is 35.5. The number of carbonyl (C=O) groups excluding carboxylic acids is 1. The van der Waals surface area contributed by atoms with Gasteiger partial charge in [-0.25, -0.2) is 4.98 Å². The Bertz CT molecular complexity index is 1100. The van der Waals surface area contributed by atoms with E-state index in [9.17, 15) is 4.79 Å². The molecule has 0 aliphatic heterocycles. The lowest BCUT2D eigenvalue weighted by Crippen LogP contribution is -2.14. The first-order chi connectivity index (χ1) is 13.7. The number of aromatic nitrogens is 1. The van der Waals surface area contributed by atoms with Crippen molar-refractivity contribution in [2.75, 3.05) is 5.32 Å². The first kappa shape index (κ1) is 18.5. The van der Waals surface area contributed by atoms with Crippen LogP contribution in [-0.4, -0.2) is 10.9 Å². The second kappa shape index (κ2) is 8.42. The molecule has 0 radical (unpaired) electrons. The fraction of sp³-hybridized carbons (Fsp3) is 0.0909. The molecule has 28 heavy (non-hydrogen) atoms. The van der Waals surface area contributed by atoms with Gasteiger partial charge in [0.2, 0.25) is 5.91 Å². The van der Waals surface area contributed by atoms with Crippen molar-refractivity contribution in [2.24, 2.45) is 0 Å². The standard InChI is InChI=1S/C22H17ClN2O2S/c23-16-8-10-18(11-9-16)27-13-22-24-17(14-28-22)12-21(26)25-20-7-3-5-15-4-1-2-6-19(15)20/h1-11,14H,12-13H2,(H,25,26). The molecule has 1 heterocycles. The lowest BCUT2D eigenvalue weighted by molar-refractivity contribution is -0.115. The molecule has 0 aliphatic rings. The van der Waals surface area contributed by atoms with Gasteiger partial charge in [-0.2, -0.15) is 0 Å². The summed E-state index contributed by atoms with van der Waals surface area (Å²) < 4.78 is 5.70. The number of nitrogens with one attached hydrogen (secondary N) is 1. The second-order valence-electron chi connectivity index (χ2n) is 6.23. The fourth-order valence-electron chi connectivity index (χ4n) is 2.87. The molecule has 0 bridgehead atoms. The monoisotopic (exact) mass is 408 g/mol. The number of rotatable bonds is 6. The summed E-state index contributed by atoms with van der Waals surface area (Å²) in [5, 5.41) is 8.48. The average Bonchev–Trinajstić information content (AvgIpc) is 3.15. The lowest BCUT2D eigenvalue weighted by atomic mass is 10.1. The number of hydrogen-bond donors (Lipinski definition) is 1. The van der Waals surface area contributed by atoms with Gasteiger partial charge >= 0.3 is 0 Å². The van der Waals surface area contributed by atoms with Gasteiger partial charge in [0.15, 0.2) is 0 Å². The van der Waals surface area contributed by atoms with E-state index in [4.69, 9.17) is 16.3 Å². The molecule has 1 aromatic heterocycles. The summed E-state index contributed by atoms with van der Waals surface area (Å²) in [4.78, 5) is 16.9. The summed E-state index contributed by atoms with van der Waals surface area (Å²) in [5.74, 6) is 0.640. The first-order valence-electron chi connectivity index (χ1n) is 8.77. The van der Waals surface area contributed by atoms with Crippen molar-refractivity contribution < 1.29 is 9.53 Å². The van der Waals surface area contributed by atoms with Crippen molar-refractivity contribution in [2.45, 2.75) is 13.0 Å². The molecule has 1 amide bonds. The molecule has 4 aromatic rings. The first-order valence-corrected chi connectivity index (χ1v) is 10.0. The molecule has 6 heteroatoms. The van der Waals surface area contributed by atoms with Gasteiger partial charge in [0.25, 0.3) is 0 Å². The number of fused-ring (bicyclic) bond motifs is 1. The summed E-state index contributed by atoms with van der Waals surface area (Å²) in [6, 6.07) is 21.0. The van der Waals surface area contributed by atoms with Crippen molar-refractivity contribution in [3.63, 3.8) is 0 Å². The summed E-state index contributed by atoms with van der Waals surface area (Å²) in [5.41, 5.74) is 1.54. The van der Waals surface area contributed by atoms with Crippen molar-refractivity contribution in [1.82, 2.24) is 4.98 Å². The van der Waals surface area contributed by atoms with Crippen molar-refractivity contribution in [3.05, 3.63) is 87.8 Å². The highest BCUT2D eigenvalue weighted by Crippen LogP contribution is 2.23. The number of anilines is 1. The Balaban J connectivity index is 1.36. The minimum atomic E-state index is -0.0909. The molecule has 0 atom stereocenters. The van der Waals surface area contributed by atoms with E-state index < -0.39 is 0 Å². The molecule has 0 fully saturated rings. The number of ether oxygens (including phenoxy) is 1. The summed E-state index contributed by atoms with van der Waals surface area (Å²) >= 11 is 7.35. The van der Waals surface area contributed by atoms with Crippen molar-refractivity contribution in [3.8, 4) is 5.75 Å². The highest BCUT2D eigenvalue weighted by molar-refractivity contribution is 7.09. The van der Waals surface area contributed by atoms with Gasteiger partial charge in [0.1, 0.15) is 17.4 Å². The summed E-state index contributed by atoms with van der Waals surface area (Å²) in [6.45, 7) is 0.358. The van der Waals surface area contributed by atoms with Crippen LogP contribution in [0.5, 0.6) is 5.75 Å². The maximum absolute atomic E-state index is 12.5. The Morgan fingerprint density at radius 2 is 1.82 bits per heavy atom. The van der Waals surface area contributed by atoms with E-state index in [1.807, 2.05) is 60.0 Å². The Kier molecular flexibility index (Phi) is 5.55. The van der Waals surface area contributed by atoms with Gasteiger partial charge in [-0.15, -0.1) is 11.3 Å². The third kappa shape index (κ3) is 4.50. The minimum Gasteiger partial charge on any atom is -0.486 e. The molecule has 4 nitrogen and oxygen atoms in total. The van der Waals surface area contributed by atoms with Crippen molar-refractivity contribution >= 4 is 45.3 Å². The van der Waals surface area contributed by atoms with E-state index in [2.05, 4.69) is 10.3 Å². The zero-order valence-corrected chi connectivity index (χ0v) is 16.5. The molecule has 4 rings (SSSR count). The van der Waals surface area contributed by atoms with Gasteiger partial charge in [0, 0.05) is 21.5 Å². The number of amides is 1. The third-order valence-electron chi connectivity index (χ3n) is 4.18. The molecular weight excluding hydrogens is 392 g/mol. The van der Waals surface area contributed by atoms with Crippen LogP contribution < -0.4 is 10.1 Å². The van der Waals surface area contributed by atoms with E-state index in [0.717, 1.165) is 32.9 Å². The fourth-order valence-corrected chi connectivity index (χ4v) is 3.70. The zero-order valence-electron chi connectivity index (χ0n) is 14.9. The van der Waals surface area contributed by atoms with Crippen molar-refractivity contribution in [1.29, 1.82) is 0 Å². The Morgan fingerprint density at radius 3 is 2.68 bits per heavy atom. The number of benzene rings is 3. The highest BCUT2D eigenvalue weighted by Gasteiger charge is 2.10. The molecule has 3 aromatic carbocycles. The molecule has 0 spiro atoms. The largest absolute Gasteiger partial charge is 0.486 e. The molecule has 0 saturated heterocycles.